The lowest BCUT2D eigenvalue weighted by Crippen LogP contribution is -2.34. The van der Waals surface area contributed by atoms with Crippen LogP contribution >= 0.6 is 11.6 Å². The molecule has 2 aromatic rings. The van der Waals surface area contributed by atoms with Gasteiger partial charge in [-0.3, -0.25) is 0 Å². The predicted molar refractivity (Wildman–Crippen MR) is 95.7 cm³/mol. The maximum atomic E-state index is 12.3. The zero-order valence-electron chi connectivity index (χ0n) is 13.6. The van der Waals surface area contributed by atoms with Gasteiger partial charge in [0.25, 0.3) is 0 Å². The van der Waals surface area contributed by atoms with Crippen LogP contribution in [0.15, 0.2) is 12.1 Å². The number of hydrogen-bond donors (Lipinski definition) is 2. The fraction of sp³-hybridized carbons (Fsp3) is 0.529. The molecule has 0 saturated heterocycles. The molecule has 0 radical (unpaired) electrons. The third kappa shape index (κ3) is 3.28. The maximum Gasteiger partial charge on any atom is 0.214 e. The minimum atomic E-state index is -3.19. The first kappa shape index (κ1) is 16.8. The Hall–Kier alpha value is -1.04. The Morgan fingerprint density at radius 1 is 1.26 bits per heavy atom. The highest BCUT2D eigenvalue weighted by Gasteiger charge is 2.28. The lowest BCUT2D eigenvalue weighted by Gasteiger charge is -2.12. The Morgan fingerprint density at radius 3 is 2.65 bits per heavy atom. The van der Waals surface area contributed by atoms with Crippen LogP contribution in [0.3, 0.4) is 0 Å². The van der Waals surface area contributed by atoms with Crippen molar-refractivity contribution in [2.75, 3.05) is 6.54 Å². The molecular formula is C17H23ClN2O2S. The van der Waals surface area contributed by atoms with E-state index in [1.807, 2.05) is 26.0 Å². The summed E-state index contributed by atoms with van der Waals surface area (Å²) in [5, 5.41) is 1.52. The molecule has 1 aliphatic carbocycles. The van der Waals surface area contributed by atoms with Crippen molar-refractivity contribution in [2.45, 2.75) is 51.2 Å². The van der Waals surface area contributed by atoms with E-state index in [9.17, 15) is 8.42 Å². The van der Waals surface area contributed by atoms with Gasteiger partial charge in [0.05, 0.1) is 15.8 Å². The van der Waals surface area contributed by atoms with Crippen molar-refractivity contribution >= 4 is 32.5 Å². The molecule has 126 valence electrons. The average molecular weight is 355 g/mol. The second kappa shape index (κ2) is 6.46. The zero-order valence-corrected chi connectivity index (χ0v) is 15.1. The standard InChI is InChI=1S/C17H23ClN2O2S/c1-11-7-8-15(18)16-14(12(2)20-17(11)16)9-10-19-23(21,22)13-5-3-4-6-13/h7-8,13,19-20H,3-6,9-10H2,1-2H3. The second-order valence-corrected chi connectivity index (χ2v) is 8.89. The lowest BCUT2D eigenvalue weighted by atomic mass is 10.1. The quantitative estimate of drug-likeness (QED) is 0.856. The Bertz CT molecular complexity index is 821. The number of aromatic nitrogens is 1. The van der Waals surface area contributed by atoms with E-state index < -0.39 is 10.0 Å². The molecule has 1 aliphatic rings. The Balaban J connectivity index is 1.77. The number of rotatable bonds is 5. The molecule has 6 heteroatoms. The molecule has 1 saturated carbocycles. The molecule has 3 rings (SSSR count). The van der Waals surface area contributed by atoms with Gasteiger partial charge in [0, 0.05) is 17.6 Å². The number of H-pyrrole nitrogens is 1. The fourth-order valence-corrected chi connectivity index (χ4v) is 5.38. The molecule has 0 aliphatic heterocycles. The molecule has 23 heavy (non-hydrogen) atoms. The number of benzene rings is 1. The van der Waals surface area contributed by atoms with E-state index in [1.165, 1.54) is 0 Å². The van der Waals surface area contributed by atoms with Crippen LogP contribution in [-0.4, -0.2) is 25.2 Å². The highest BCUT2D eigenvalue weighted by atomic mass is 35.5. The first-order valence-electron chi connectivity index (χ1n) is 8.15. The summed E-state index contributed by atoms with van der Waals surface area (Å²) in [7, 11) is -3.19. The lowest BCUT2D eigenvalue weighted by molar-refractivity contribution is 0.564. The van der Waals surface area contributed by atoms with Crippen molar-refractivity contribution < 1.29 is 8.42 Å². The van der Waals surface area contributed by atoms with E-state index in [4.69, 9.17) is 11.6 Å². The van der Waals surface area contributed by atoms with Gasteiger partial charge in [0.15, 0.2) is 0 Å². The Morgan fingerprint density at radius 2 is 1.96 bits per heavy atom. The van der Waals surface area contributed by atoms with Gasteiger partial charge in [0.2, 0.25) is 10.0 Å². The molecule has 1 heterocycles. The third-order valence-corrected chi connectivity index (χ3v) is 7.12. The summed E-state index contributed by atoms with van der Waals surface area (Å²) in [4.78, 5) is 3.38. The normalized spacial score (nSPS) is 16.5. The van der Waals surface area contributed by atoms with Crippen LogP contribution in [0.4, 0.5) is 0 Å². The highest BCUT2D eigenvalue weighted by Crippen LogP contribution is 2.31. The first-order valence-corrected chi connectivity index (χ1v) is 10.1. The topological polar surface area (TPSA) is 62.0 Å². The van der Waals surface area contributed by atoms with E-state index >= 15 is 0 Å². The van der Waals surface area contributed by atoms with Crippen LogP contribution in [0.25, 0.3) is 10.9 Å². The van der Waals surface area contributed by atoms with Crippen LogP contribution in [0.2, 0.25) is 5.02 Å². The van der Waals surface area contributed by atoms with E-state index in [2.05, 4.69) is 9.71 Å². The molecule has 0 bridgehead atoms. The minimum Gasteiger partial charge on any atom is -0.358 e. The zero-order chi connectivity index (χ0) is 16.6. The summed E-state index contributed by atoms with van der Waals surface area (Å²) in [5.74, 6) is 0. The van der Waals surface area contributed by atoms with E-state index in [1.54, 1.807) is 0 Å². The molecule has 0 atom stereocenters. The van der Waals surface area contributed by atoms with Crippen LogP contribution in [0.5, 0.6) is 0 Å². The fourth-order valence-electron chi connectivity index (χ4n) is 3.54. The van der Waals surface area contributed by atoms with Crippen LogP contribution in [0, 0.1) is 13.8 Å². The smallest absolute Gasteiger partial charge is 0.214 e. The Labute approximate surface area is 142 Å². The van der Waals surface area contributed by atoms with Crippen LogP contribution in [0.1, 0.15) is 42.5 Å². The van der Waals surface area contributed by atoms with Gasteiger partial charge in [-0.05, 0) is 50.3 Å². The molecule has 0 unspecified atom stereocenters. The van der Waals surface area contributed by atoms with Gasteiger partial charge in [-0.15, -0.1) is 0 Å². The molecule has 2 N–H and O–H groups in total. The van der Waals surface area contributed by atoms with Crippen molar-refractivity contribution in [3.8, 4) is 0 Å². The highest BCUT2D eigenvalue weighted by molar-refractivity contribution is 7.90. The molecular weight excluding hydrogens is 332 g/mol. The minimum absolute atomic E-state index is 0.211. The predicted octanol–water partition coefficient (Wildman–Crippen LogP) is 3.84. The van der Waals surface area contributed by atoms with E-state index in [0.29, 0.717) is 18.0 Å². The van der Waals surface area contributed by atoms with Gasteiger partial charge in [-0.1, -0.05) is 30.5 Å². The van der Waals surface area contributed by atoms with Crippen molar-refractivity contribution in [3.05, 3.63) is 34.0 Å². The van der Waals surface area contributed by atoms with E-state index in [-0.39, 0.29) is 5.25 Å². The van der Waals surface area contributed by atoms with Crippen molar-refractivity contribution in [2.24, 2.45) is 0 Å². The van der Waals surface area contributed by atoms with Gasteiger partial charge < -0.3 is 4.98 Å². The van der Waals surface area contributed by atoms with Crippen LogP contribution < -0.4 is 4.72 Å². The van der Waals surface area contributed by atoms with Gasteiger partial charge in [0.1, 0.15) is 0 Å². The number of fused-ring (bicyclic) bond motifs is 1. The third-order valence-electron chi connectivity index (χ3n) is 4.85. The summed E-state index contributed by atoms with van der Waals surface area (Å²) in [5.41, 5.74) is 4.34. The summed E-state index contributed by atoms with van der Waals surface area (Å²) in [6.45, 7) is 4.47. The van der Waals surface area contributed by atoms with Crippen molar-refractivity contribution in [1.29, 1.82) is 0 Å². The molecule has 4 nitrogen and oxygen atoms in total. The number of nitrogens with one attached hydrogen (secondary N) is 2. The number of halogens is 1. The van der Waals surface area contributed by atoms with Gasteiger partial charge in [-0.2, -0.15) is 0 Å². The molecule has 1 aromatic heterocycles. The second-order valence-electron chi connectivity index (χ2n) is 6.44. The van der Waals surface area contributed by atoms with E-state index in [0.717, 1.165) is 53.4 Å². The molecule has 1 fully saturated rings. The Kier molecular flexibility index (Phi) is 4.72. The number of aromatic amines is 1. The monoisotopic (exact) mass is 354 g/mol. The molecule has 0 amide bonds. The number of aryl methyl sites for hydroxylation is 2. The SMILES string of the molecule is Cc1[nH]c2c(C)ccc(Cl)c2c1CCNS(=O)(=O)C1CCCC1. The van der Waals surface area contributed by atoms with Crippen LogP contribution in [-0.2, 0) is 16.4 Å². The summed E-state index contributed by atoms with van der Waals surface area (Å²) >= 11 is 6.36. The largest absolute Gasteiger partial charge is 0.358 e. The summed E-state index contributed by atoms with van der Waals surface area (Å²) in [6.07, 6.45) is 4.24. The first-order chi connectivity index (χ1) is 10.9. The molecule has 1 aromatic carbocycles. The van der Waals surface area contributed by atoms with Gasteiger partial charge in [-0.25, -0.2) is 13.1 Å². The van der Waals surface area contributed by atoms with Crippen molar-refractivity contribution in [3.63, 3.8) is 0 Å². The number of sulfonamides is 1. The van der Waals surface area contributed by atoms with Crippen molar-refractivity contribution in [1.82, 2.24) is 9.71 Å². The molecule has 0 spiro atoms. The average Bonchev–Trinajstić information content (AvgIpc) is 3.13. The summed E-state index contributed by atoms with van der Waals surface area (Å²) < 4.78 is 27.4. The van der Waals surface area contributed by atoms with Gasteiger partial charge >= 0.3 is 0 Å². The maximum absolute atomic E-state index is 12.3. The summed E-state index contributed by atoms with van der Waals surface area (Å²) in [6, 6.07) is 3.89. The number of hydrogen-bond acceptors (Lipinski definition) is 2.